The summed E-state index contributed by atoms with van der Waals surface area (Å²) < 4.78 is 16.5. The Kier molecular flexibility index (Phi) is 6.40. The number of rotatable bonds is 7. The Morgan fingerprint density at radius 2 is 1.68 bits per heavy atom. The molecule has 0 saturated heterocycles. The summed E-state index contributed by atoms with van der Waals surface area (Å²) in [5, 5.41) is 2.96. The van der Waals surface area contributed by atoms with Crippen LogP contribution in [0, 0.1) is 0 Å². The van der Waals surface area contributed by atoms with E-state index in [0.29, 0.717) is 17.7 Å². The van der Waals surface area contributed by atoms with Crippen LogP contribution in [-0.2, 0) is 40.6 Å². The molecule has 2 aliphatic rings. The van der Waals surface area contributed by atoms with Gasteiger partial charge in [-0.05, 0) is 25.0 Å². The third-order valence-corrected chi connectivity index (χ3v) is 5.88. The SMILES string of the molecule is CCCCOC(=O)C1=C(N)Nc2ccccc2[C@@]12C(=O)OC(C)=C2C(=O)OCc1ccccc1. The van der Waals surface area contributed by atoms with Crippen molar-refractivity contribution < 1.29 is 28.6 Å². The van der Waals surface area contributed by atoms with Crippen molar-refractivity contribution in [2.45, 2.75) is 38.7 Å². The van der Waals surface area contributed by atoms with Gasteiger partial charge in [-0.2, -0.15) is 0 Å². The normalized spacial score (nSPS) is 18.9. The van der Waals surface area contributed by atoms with Crippen molar-refractivity contribution in [3.05, 3.63) is 88.5 Å². The van der Waals surface area contributed by atoms with E-state index in [9.17, 15) is 14.4 Å². The molecule has 8 heteroatoms. The molecular weight excluding hydrogens is 436 g/mol. The van der Waals surface area contributed by atoms with E-state index in [4.69, 9.17) is 19.9 Å². The van der Waals surface area contributed by atoms with Crippen LogP contribution in [0.3, 0.4) is 0 Å². The molecule has 0 aliphatic carbocycles. The van der Waals surface area contributed by atoms with Gasteiger partial charge in [-0.3, -0.25) is 0 Å². The first kappa shape index (κ1) is 23.1. The lowest BCUT2D eigenvalue weighted by Gasteiger charge is -2.36. The zero-order chi connectivity index (χ0) is 24.3. The number of fused-ring (bicyclic) bond motifs is 2. The average molecular weight is 463 g/mol. The number of allylic oxidation sites excluding steroid dienone is 1. The van der Waals surface area contributed by atoms with E-state index >= 15 is 0 Å². The molecule has 1 atom stereocenters. The number of cyclic esters (lactones) is 1. The minimum atomic E-state index is -1.91. The average Bonchev–Trinajstić information content (AvgIpc) is 3.08. The zero-order valence-electron chi connectivity index (χ0n) is 19.1. The first-order valence-corrected chi connectivity index (χ1v) is 11.1. The number of carbonyl (C=O) groups excluding carboxylic acids is 3. The Labute approximate surface area is 197 Å². The van der Waals surface area contributed by atoms with Crippen LogP contribution >= 0.6 is 0 Å². The molecule has 176 valence electrons. The van der Waals surface area contributed by atoms with E-state index in [0.717, 1.165) is 12.0 Å². The molecule has 3 N–H and O–H groups in total. The molecule has 0 radical (unpaired) electrons. The van der Waals surface area contributed by atoms with Gasteiger partial charge in [-0.1, -0.05) is 61.9 Å². The highest BCUT2D eigenvalue weighted by Crippen LogP contribution is 2.52. The van der Waals surface area contributed by atoms with Crippen LogP contribution in [-0.4, -0.2) is 24.5 Å². The van der Waals surface area contributed by atoms with Crippen LogP contribution in [0.4, 0.5) is 5.69 Å². The molecular formula is C26H26N2O6. The number of nitrogens with one attached hydrogen (secondary N) is 1. The number of unbranched alkanes of at least 4 members (excludes halogenated alkanes) is 1. The predicted molar refractivity (Wildman–Crippen MR) is 124 cm³/mol. The summed E-state index contributed by atoms with van der Waals surface area (Å²) in [6.45, 7) is 3.58. The second-order valence-corrected chi connectivity index (χ2v) is 8.08. The largest absolute Gasteiger partial charge is 0.462 e. The van der Waals surface area contributed by atoms with Gasteiger partial charge in [-0.15, -0.1) is 0 Å². The number of benzene rings is 2. The van der Waals surface area contributed by atoms with Crippen molar-refractivity contribution in [2.24, 2.45) is 5.73 Å². The quantitative estimate of drug-likeness (QED) is 0.365. The van der Waals surface area contributed by atoms with Crippen molar-refractivity contribution in [1.29, 1.82) is 0 Å². The minimum Gasteiger partial charge on any atom is -0.462 e. The van der Waals surface area contributed by atoms with Gasteiger partial charge < -0.3 is 25.3 Å². The molecule has 0 amide bonds. The Morgan fingerprint density at radius 3 is 2.41 bits per heavy atom. The molecule has 0 bridgehead atoms. The number of carbonyl (C=O) groups is 3. The van der Waals surface area contributed by atoms with Crippen molar-refractivity contribution in [2.75, 3.05) is 11.9 Å². The van der Waals surface area contributed by atoms with Gasteiger partial charge in [0.2, 0.25) is 0 Å². The molecule has 2 heterocycles. The number of esters is 3. The van der Waals surface area contributed by atoms with Crippen LogP contribution in [0.15, 0.2) is 77.3 Å². The van der Waals surface area contributed by atoms with E-state index < -0.39 is 23.3 Å². The van der Waals surface area contributed by atoms with Crippen molar-refractivity contribution in [3.63, 3.8) is 0 Å². The number of anilines is 1. The van der Waals surface area contributed by atoms with Crippen LogP contribution in [0.25, 0.3) is 0 Å². The maximum absolute atomic E-state index is 13.5. The second-order valence-electron chi connectivity index (χ2n) is 8.08. The molecule has 34 heavy (non-hydrogen) atoms. The smallest absolute Gasteiger partial charge is 0.339 e. The minimum absolute atomic E-state index is 0.0178. The van der Waals surface area contributed by atoms with Gasteiger partial charge in [0.25, 0.3) is 0 Å². The highest BCUT2D eigenvalue weighted by molar-refractivity contribution is 6.15. The third kappa shape index (κ3) is 3.81. The van der Waals surface area contributed by atoms with Gasteiger partial charge in [0.15, 0.2) is 5.41 Å². The van der Waals surface area contributed by atoms with E-state index in [-0.39, 0.29) is 35.9 Å². The lowest BCUT2D eigenvalue weighted by molar-refractivity contribution is -0.147. The first-order valence-electron chi connectivity index (χ1n) is 11.1. The summed E-state index contributed by atoms with van der Waals surface area (Å²) in [7, 11) is 0. The Balaban J connectivity index is 1.82. The fourth-order valence-corrected chi connectivity index (χ4v) is 4.30. The predicted octanol–water partition coefficient (Wildman–Crippen LogP) is 3.44. The van der Waals surface area contributed by atoms with Crippen LogP contribution in [0.5, 0.6) is 0 Å². The number of hydrogen-bond acceptors (Lipinski definition) is 8. The summed E-state index contributed by atoms with van der Waals surface area (Å²) in [5.41, 5.74) is 5.70. The van der Waals surface area contributed by atoms with Gasteiger partial charge in [-0.25, -0.2) is 14.4 Å². The molecule has 0 unspecified atom stereocenters. The van der Waals surface area contributed by atoms with Crippen molar-refractivity contribution in [3.8, 4) is 0 Å². The molecule has 0 aromatic heterocycles. The monoisotopic (exact) mass is 462 g/mol. The maximum atomic E-state index is 13.5. The number of nitrogens with two attached hydrogens (primary N) is 1. The topological polar surface area (TPSA) is 117 Å². The molecule has 0 fully saturated rings. The van der Waals surface area contributed by atoms with Crippen LogP contribution < -0.4 is 11.1 Å². The highest BCUT2D eigenvalue weighted by atomic mass is 16.6. The lowest BCUT2D eigenvalue weighted by atomic mass is 9.67. The standard InChI is InChI=1S/C26H26N2O6/c1-3-4-14-32-24(30)21-22(27)28-19-13-9-8-12-18(19)26(21)20(16(2)34-25(26)31)23(29)33-15-17-10-6-5-7-11-17/h5-13,28H,3-4,14-15,27H2,1-2H3/t26-/m0/s1. The Morgan fingerprint density at radius 1 is 1.00 bits per heavy atom. The van der Waals surface area contributed by atoms with Gasteiger partial charge in [0, 0.05) is 11.3 Å². The number of hydrogen-bond donors (Lipinski definition) is 2. The van der Waals surface area contributed by atoms with Crippen molar-refractivity contribution in [1.82, 2.24) is 0 Å². The first-order chi connectivity index (χ1) is 16.4. The molecule has 1 spiro atoms. The molecule has 2 aromatic rings. The summed E-state index contributed by atoms with van der Waals surface area (Å²) >= 11 is 0. The molecule has 2 aliphatic heterocycles. The second kappa shape index (κ2) is 9.43. The lowest BCUT2D eigenvalue weighted by Crippen LogP contribution is -2.47. The fourth-order valence-electron chi connectivity index (χ4n) is 4.30. The molecule has 2 aromatic carbocycles. The fraction of sp³-hybridized carbons (Fsp3) is 0.269. The summed E-state index contributed by atoms with van der Waals surface area (Å²) in [4.78, 5) is 40.2. The van der Waals surface area contributed by atoms with E-state index in [1.807, 2.05) is 37.3 Å². The number of para-hydroxylation sites is 1. The Bertz CT molecular complexity index is 1200. The van der Waals surface area contributed by atoms with Crippen LogP contribution in [0.1, 0.15) is 37.8 Å². The van der Waals surface area contributed by atoms with E-state index in [2.05, 4.69) is 5.32 Å². The van der Waals surface area contributed by atoms with Crippen LogP contribution in [0.2, 0.25) is 0 Å². The van der Waals surface area contributed by atoms with Gasteiger partial charge in [0.05, 0.1) is 6.61 Å². The molecule has 4 rings (SSSR count). The third-order valence-electron chi connectivity index (χ3n) is 5.88. The zero-order valence-corrected chi connectivity index (χ0v) is 19.1. The van der Waals surface area contributed by atoms with Gasteiger partial charge in [0.1, 0.15) is 29.3 Å². The summed E-state index contributed by atoms with van der Waals surface area (Å²) in [5.74, 6) is -2.42. The maximum Gasteiger partial charge on any atom is 0.339 e. The number of ether oxygens (including phenoxy) is 3. The highest BCUT2D eigenvalue weighted by Gasteiger charge is 2.62. The van der Waals surface area contributed by atoms with Gasteiger partial charge >= 0.3 is 17.9 Å². The molecule has 0 saturated carbocycles. The van der Waals surface area contributed by atoms with Crippen molar-refractivity contribution >= 4 is 23.6 Å². The summed E-state index contributed by atoms with van der Waals surface area (Å²) in [6.07, 6.45) is 1.45. The Hall–Kier alpha value is -4.07. The van der Waals surface area contributed by atoms with E-state index in [1.165, 1.54) is 6.92 Å². The summed E-state index contributed by atoms with van der Waals surface area (Å²) in [6, 6.07) is 16.0. The van der Waals surface area contributed by atoms with E-state index in [1.54, 1.807) is 24.3 Å². The molecule has 8 nitrogen and oxygen atoms in total.